The molecule has 0 saturated carbocycles. The summed E-state index contributed by atoms with van der Waals surface area (Å²) in [6, 6.07) is 35.8. The Morgan fingerprint density at radius 3 is 1.64 bits per heavy atom. The number of hydrogen-bond acceptors (Lipinski definition) is 8. The van der Waals surface area contributed by atoms with E-state index in [4.69, 9.17) is 37.4 Å². The molecule has 0 saturated heterocycles. The lowest BCUT2D eigenvalue weighted by Crippen LogP contribution is -2.04. The van der Waals surface area contributed by atoms with Crippen molar-refractivity contribution in [2.45, 2.75) is 20.9 Å². The molecular weight excluding hydrogens is 864 g/mol. The van der Waals surface area contributed by atoms with Gasteiger partial charge in [0.2, 0.25) is 0 Å². The summed E-state index contributed by atoms with van der Waals surface area (Å²) in [6.45, 7) is 0.112. The summed E-state index contributed by atoms with van der Waals surface area (Å²) in [5.41, 5.74) is -0.680. The highest BCUT2D eigenvalue weighted by Crippen LogP contribution is 2.31. The standard InChI is InChI=1S/C9H6F3NS.C8H6BrNS.C8H6ClNS.C8H6INO/c10-9(11,12)7-2-1-3-8(6-7)14-5-4-13;2*9-7-2-1-3-8(6-7)11-5-4-10;9-7-1-3-8(4-2-7)11-6-5-10/h1-3,6H,5H2;2*1-3,6H,5H2;1-4H,6H2. The zero-order valence-electron chi connectivity index (χ0n) is 24.3. The normalized spacial score (nSPS) is 9.57. The second-order valence-corrected chi connectivity index (χ2v) is 13.9. The predicted molar refractivity (Wildman–Crippen MR) is 196 cm³/mol. The van der Waals surface area contributed by atoms with Gasteiger partial charge in [0.1, 0.15) is 11.8 Å². The van der Waals surface area contributed by atoms with Crippen LogP contribution in [0.25, 0.3) is 0 Å². The van der Waals surface area contributed by atoms with Gasteiger partial charge in [0.15, 0.2) is 6.61 Å². The summed E-state index contributed by atoms with van der Waals surface area (Å²) in [5.74, 6) is 1.88. The van der Waals surface area contributed by atoms with Crippen molar-refractivity contribution in [1.82, 2.24) is 0 Å². The number of ether oxygens (including phenoxy) is 1. The van der Waals surface area contributed by atoms with E-state index < -0.39 is 11.7 Å². The van der Waals surface area contributed by atoms with Crippen LogP contribution in [0.3, 0.4) is 0 Å². The van der Waals surface area contributed by atoms with E-state index in [0.717, 1.165) is 47.5 Å². The Hall–Kier alpha value is -3.02. The third kappa shape index (κ3) is 20.7. The summed E-state index contributed by atoms with van der Waals surface area (Å²) in [4.78, 5) is 2.63. The molecule has 4 aromatic rings. The molecule has 0 aliphatic carbocycles. The maximum atomic E-state index is 12.2. The van der Waals surface area contributed by atoms with Crippen molar-refractivity contribution in [1.29, 1.82) is 21.0 Å². The zero-order chi connectivity index (χ0) is 34.9. The van der Waals surface area contributed by atoms with Crippen LogP contribution >= 0.6 is 85.4 Å². The summed E-state index contributed by atoms with van der Waals surface area (Å²) in [6.07, 6.45) is -4.32. The number of thioether (sulfide) groups is 3. The molecule has 0 aromatic heterocycles. The van der Waals surface area contributed by atoms with Crippen LogP contribution in [0.4, 0.5) is 13.2 Å². The van der Waals surface area contributed by atoms with E-state index in [0.29, 0.717) is 21.4 Å². The Bertz CT molecular complexity index is 1630. The average Bonchev–Trinajstić information content (AvgIpc) is 3.06. The van der Waals surface area contributed by atoms with Gasteiger partial charge in [-0.25, -0.2) is 0 Å². The molecule has 0 aliphatic heterocycles. The number of benzene rings is 4. The quantitative estimate of drug-likeness (QED) is 0.127. The highest BCUT2D eigenvalue weighted by atomic mass is 127. The maximum absolute atomic E-state index is 12.2. The van der Waals surface area contributed by atoms with Crippen LogP contribution in [0.1, 0.15) is 5.56 Å². The molecular formula is C33H24BrClF3IN4OS3. The van der Waals surface area contributed by atoms with Gasteiger partial charge in [-0.15, -0.1) is 35.3 Å². The van der Waals surface area contributed by atoms with Crippen LogP contribution in [-0.2, 0) is 6.18 Å². The molecule has 0 radical (unpaired) electrons. The first-order valence-electron chi connectivity index (χ1n) is 12.9. The molecule has 0 heterocycles. The highest BCUT2D eigenvalue weighted by molar-refractivity contribution is 14.1. The number of rotatable bonds is 8. The van der Waals surface area contributed by atoms with E-state index in [-0.39, 0.29) is 12.4 Å². The van der Waals surface area contributed by atoms with Crippen LogP contribution in [0.2, 0.25) is 5.02 Å². The third-order valence-electron chi connectivity index (χ3n) is 4.78. The van der Waals surface area contributed by atoms with Gasteiger partial charge >= 0.3 is 6.18 Å². The molecule has 4 rings (SSSR count). The van der Waals surface area contributed by atoms with E-state index >= 15 is 0 Å². The number of halogens is 6. The van der Waals surface area contributed by atoms with E-state index in [1.165, 1.54) is 17.8 Å². The fourth-order valence-corrected chi connectivity index (χ4v) is 5.88. The molecule has 0 spiro atoms. The van der Waals surface area contributed by atoms with Gasteiger partial charge in [-0.1, -0.05) is 45.7 Å². The van der Waals surface area contributed by atoms with E-state index in [1.807, 2.05) is 84.9 Å². The molecule has 0 aliphatic rings. The summed E-state index contributed by atoms with van der Waals surface area (Å²) >= 11 is 15.4. The second kappa shape index (κ2) is 25.1. The van der Waals surface area contributed by atoms with Crippen molar-refractivity contribution in [3.05, 3.63) is 116 Å². The fraction of sp³-hybridized carbons (Fsp3) is 0.152. The van der Waals surface area contributed by atoms with Gasteiger partial charge in [0.05, 0.1) is 41.0 Å². The van der Waals surface area contributed by atoms with Gasteiger partial charge in [-0.3, -0.25) is 0 Å². The number of nitriles is 4. The molecule has 0 amide bonds. The van der Waals surface area contributed by atoms with Gasteiger partial charge in [0.25, 0.3) is 0 Å². The zero-order valence-corrected chi connectivity index (χ0v) is 31.2. The second-order valence-electron chi connectivity index (χ2n) is 8.18. The molecule has 5 nitrogen and oxygen atoms in total. The smallest absolute Gasteiger partial charge is 0.416 e. The Morgan fingerprint density at radius 1 is 0.681 bits per heavy atom. The van der Waals surface area contributed by atoms with E-state index in [9.17, 15) is 13.2 Å². The molecule has 0 atom stereocenters. The van der Waals surface area contributed by atoms with Gasteiger partial charge < -0.3 is 4.74 Å². The van der Waals surface area contributed by atoms with Crippen molar-refractivity contribution < 1.29 is 17.9 Å². The lowest BCUT2D eigenvalue weighted by atomic mass is 10.2. The topological polar surface area (TPSA) is 104 Å². The summed E-state index contributed by atoms with van der Waals surface area (Å²) in [7, 11) is 0. The van der Waals surface area contributed by atoms with Gasteiger partial charge in [0, 0.05) is 27.8 Å². The molecule has 0 bridgehead atoms. The first-order chi connectivity index (χ1) is 22.5. The van der Waals surface area contributed by atoms with Gasteiger partial charge in [-0.05, 0) is 101 Å². The lowest BCUT2D eigenvalue weighted by Gasteiger charge is -2.07. The largest absolute Gasteiger partial charge is 0.479 e. The Balaban J connectivity index is 0.000000315. The Labute approximate surface area is 312 Å². The fourth-order valence-electron chi connectivity index (χ4n) is 2.87. The SMILES string of the molecule is N#CCOc1ccc(I)cc1.N#CCSc1cccc(Br)c1.N#CCSc1cccc(C(F)(F)F)c1.N#CCSc1cccc(Cl)c1. The monoisotopic (exact) mass is 886 g/mol. The van der Waals surface area contributed by atoms with Crippen molar-refractivity contribution >= 4 is 85.4 Å². The Morgan fingerprint density at radius 2 is 1.17 bits per heavy atom. The highest BCUT2D eigenvalue weighted by Gasteiger charge is 2.30. The predicted octanol–water partition coefficient (Wildman–Crippen LogP) is 11.5. The van der Waals surface area contributed by atoms with Crippen LogP contribution in [0.5, 0.6) is 5.75 Å². The molecule has 47 heavy (non-hydrogen) atoms. The van der Waals surface area contributed by atoms with E-state index in [2.05, 4.69) is 50.7 Å². The third-order valence-corrected chi connectivity index (χ3v) is 8.81. The maximum Gasteiger partial charge on any atom is 0.416 e. The Kier molecular flexibility index (Phi) is 22.4. The molecule has 0 unspecified atom stereocenters. The van der Waals surface area contributed by atoms with Crippen molar-refractivity contribution in [3.63, 3.8) is 0 Å². The lowest BCUT2D eigenvalue weighted by molar-refractivity contribution is -0.137. The van der Waals surface area contributed by atoms with Crippen LogP contribution in [-0.4, -0.2) is 23.9 Å². The van der Waals surface area contributed by atoms with Crippen LogP contribution in [0, 0.1) is 48.9 Å². The summed E-state index contributed by atoms with van der Waals surface area (Å²) in [5, 5.41) is 33.8. The van der Waals surface area contributed by atoms with Crippen molar-refractivity contribution in [3.8, 4) is 30.0 Å². The number of nitrogens with zero attached hydrogens (tertiary/aromatic N) is 4. The first kappa shape index (κ1) is 42.0. The molecule has 0 fully saturated rings. The van der Waals surface area contributed by atoms with Gasteiger partial charge in [-0.2, -0.15) is 34.2 Å². The first-order valence-corrected chi connectivity index (χ1v) is 18.2. The van der Waals surface area contributed by atoms with E-state index in [1.54, 1.807) is 17.8 Å². The molecule has 14 heteroatoms. The minimum absolute atomic E-state index is 0.112. The average molecular weight is 888 g/mol. The number of hydrogen-bond donors (Lipinski definition) is 0. The summed E-state index contributed by atoms with van der Waals surface area (Å²) < 4.78 is 43.9. The molecule has 242 valence electrons. The minimum atomic E-state index is -4.32. The van der Waals surface area contributed by atoms with Crippen LogP contribution < -0.4 is 4.74 Å². The molecule has 4 aromatic carbocycles. The van der Waals surface area contributed by atoms with Crippen molar-refractivity contribution in [2.24, 2.45) is 0 Å². The minimum Gasteiger partial charge on any atom is -0.479 e. The number of alkyl halides is 3. The molecule has 0 N–H and O–H groups in total. The van der Waals surface area contributed by atoms with Crippen LogP contribution in [0.15, 0.2) is 116 Å². The van der Waals surface area contributed by atoms with Crippen molar-refractivity contribution in [2.75, 3.05) is 23.9 Å².